The Labute approximate surface area is 101 Å². The van der Waals surface area contributed by atoms with Gasteiger partial charge in [0.15, 0.2) is 0 Å². The smallest absolute Gasteiger partial charge is 0.215 e. The fourth-order valence-corrected chi connectivity index (χ4v) is 1.77. The molecule has 0 saturated carbocycles. The Morgan fingerprint density at radius 3 is 2.71 bits per heavy atom. The Hall–Kier alpha value is -1.77. The van der Waals surface area contributed by atoms with Crippen LogP contribution in [0.15, 0.2) is 30.6 Å². The van der Waals surface area contributed by atoms with E-state index in [1.54, 1.807) is 13.1 Å². The number of halogens is 1. The van der Waals surface area contributed by atoms with Crippen molar-refractivity contribution in [3.63, 3.8) is 0 Å². The van der Waals surface area contributed by atoms with Crippen LogP contribution in [0.3, 0.4) is 0 Å². The molecule has 2 aromatic rings. The lowest BCUT2D eigenvalue weighted by Crippen LogP contribution is -1.97. The number of hydrogen-bond donors (Lipinski definition) is 0. The van der Waals surface area contributed by atoms with Gasteiger partial charge in [0.1, 0.15) is 0 Å². The summed E-state index contributed by atoms with van der Waals surface area (Å²) in [5, 5.41) is 0. The highest BCUT2D eigenvalue weighted by molar-refractivity contribution is 5.25. The highest BCUT2D eigenvalue weighted by Gasteiger charge is 2.03. The van der Waals surface area contributed by atoms with Crippen LogP contribution in [0.5, 0.6) is 0 Å². The predicted octanol–water partition coefficient (Wildman–Crippen LogP) is 3.08. The molecular formula is C14H15FN2. The van der Waals surface area contributed by atoms with Crippen molar-refractivity contribution in [3.05, 3.63) is 58.9 Å². The molecule has 0 aromatic carbocycles. The second kappa shape index (κ2) is 5.04. The topological polar surface area (TPSA) is 25.8 Å². The molecule has 0 radical (unpaired) electrons. The molecule has 0 fully saturated rings. The van der Waals surface area contributed by atoms with E-state index in [0.717, 1.165) is 17.7 Å². The van der Waals surface area contributed by atoms with E-state index in [1.807, 2.05) is 18.3 Å². The average molecular weight is 230 g/mol. The molecule has 2 rings (SSSR count). The summed E-state index contributed by atoms with van der Waals surface area (Å²) < 4.78 is 13.0. The Kier molecular flexibility index (Phi) is 3.47. The van der Waals surface area contributed by atoms with Gasteiger partial charge in [-0.3, -0.25) is 4.98 Å². The van der Waals surface area contributed by atoms with Crippen molar-refractivity contribution in [3.8, 4) is 0 Å². The highest BCUT2D eigenvalue weighted by atomic mass is 19.1. The number of nitrogens with zero attached hydrogens (tertiary/aromatic N) is 2. The minimum Gasteiger partial charge on any atom is -0.261 e. The summed E-state index contributed by atoms with van der Waals surface area (Å²) >= 11 is 0. The van der Waals surface area contributed by atoms with E-state index in [9.17, 15) is 4.39 Å². The molecule has 0 atom stereocenters. The maximum atomic E-state index is 13.0. The third kappa shape index (κ3) is 2.87. The zero-order chi connectivity index (χ0) is 12.3. The van der Waals surface area contributed by atoms with Crippen LogP contribution in [0.1, 0.15) is 29.3 Å². The number of aryl methyl sites for hydroxylation is 2. The highest BCUT2D eigenvalue weighted by Crippen LogP contribution is 2.11. The maximum absolute atomic E-state index is 13.0. The van der Waals surface area contributed by atoms with Gasteiger partial charge < -0.3 is 0 Å². The summed E-state index contributed by atoms with van der Waals surface area (Å²) in [6.07, 6.45) is 5.08. The van der Waals surface area contributed by atoms with E-state index in [4.69, 9.17) is 0 Å². The van der Waals surface area contributed by atoms with Crippen LogP contribution >= 0.6 is 0 Å². The molecule has 88 valence electrons. The van der Waals surface area contributed by atoms with Gasteiger partial charge in [0.25, 0.3) is 0 Å². The molecule has 0 N–H and O–H groups in total. The zero-order valence-corrected chi connectivity index (χ0v) is 10.1. The first-order valence-electron chi connectivity index (χ1n) is 5.74. The fraction of sp³-hybridized carbons (Fsp3) is 0.286. The first-order chi connectivity index (χ1) is 8.19. The van der Waals surface area contributed by atoms with Crippen molar-refractivity contribution in [1.29, 1.82) is 0 Å². The van der Waals surface area contributed by atoms with Crippen molar-refractivity contribution in [1.82, 2.24) is 9.97 Å². The van der Waals surface area contributed by atoms with E-state index in [2.05, 4.69) is 23.0 Å². The second-order valence-electron chi connectivity index (χ2n) is 4.14. The molecule has 0 aliphatic heterocycles. The lowest BCUT2D eigenvalue weighted by Gasteiger charge is -2.04. The van der Waals surface area contributed by atoms with E-state index in [0.29, 0.717) is 12.0 Å². The molecule has 0 aliphatic rings. The Bertz CT molecular complexity index is 523. The van der Waals surface area contributed by atoms with Crippen molar-refractivity contribution in [2.24, 2.45) is 0 Å². The van der Waals surface area contributed by atoms with E-state index >= 15 is 0 Å². The molecule has 0 spiro atoms. The molecule has 0 unspecified atom stereocenters. The Morgan fingerprint density at radius 1 is 1.18 bits per heavy atom. The predicted molar refractivity (Wildman–Crippen MR) is 65.4 cm³/mol. The minimum atomic E-state index is -0.399. The lowest BCUT2D eigenvalue weighted by atomic mass is 10.1. The molecule has 2 nitrogen and oxygen atoms in total. The van der Waals surface area contributed by atoms with Gasteiger partial charge in [0.2, 0.25) is 5.95 Å². The maximum Gasteiger partial charge on any atom is 0.215 e. The second-order valence-corrected chi connectivity index (χ2v) is 4.14. The third-order valence-electron chi connectivity index (χ3n) is 2.75. The van der Waals surface area contributed by atoms with Crippen molar-refractivity contribution in [2.45, 2.75) is 26.7 Å². The molecule has 2 aromatic heterocycles. The zero-order valence-electron chi connectivity index (χ0n) is 10.1. The van der Waals surface area contributed by atoms with Gasteiger partial charge in [-0.1, -0.05) is 6.92 Å². The summed E-state index contributed by atoms with van der Waals surface area (Å²) in [4.78, 5) is 8.04. The van der Waals surface area contributed by atoms with E-state index < -0.39 is 5.95 Å². The van der Waals surface area contributed by atoms with Gasteiger partial charge in [-0.25, -0.2) is 4.98 Å². The van der Waals surface area contributed by atoms with Crippen LogP contribution in [-0.2, 0) is 12.8 Å². The van der Waals surface area contributed by atoms with Crippen molar-refractivity contribution < 1.29 is 4.39 Å². The Morgan fingerprint density at radius 2 is 2.00 bits per heavy atom. The van der Waals surface area contributed by atoms with Gasteiger partial charge >= 0.3 is 0 Å². The summed E-state index contributed by atoms with van der Waals surface area (Å²) in [7, 11) is 0. The van der Waals surface area contributed by atoms with Crippen LogP contribution in [-0.4, -0.2) is 9.97 Å². The lowest BCUT2D eigenvalue weighted by molar-refractivity contribution is 0.573. The fourth-order valence-electron chi connectivity index (χ4n) is 1.77. The largest absolute Gasteiger partial charge is 0.261 e. The molecule has 17 heavy (non-hydrogen) atoms. The van der Waals surface area contributed by atoms with Crippen LogP contribution in [0.2, 0.25) is 0 Å². The molecule has 3 heteroatoms. The third-order valence-corrected chi connectivity index (χ3v) is 2.75. The number of hydrogen-bond acceptors (Lipinski definition) is 2. The van der Waals surface area contributed by atoms with Gasteiger partial charge in [-0.05, 0) is 42.7 Å². The average Bonchev–Trinajstić information content (AvgIpc) is 2.34. The summed E-state index contributed by atoms with van der Waals surface area (Å²) in [6.45, 7) is 3.84. The SMILES string of the molecule is CCc1ccnc(Cc2cnc(F)c(C)c2)c1. The number of aromatic nitrogens is 2. The molecule has 2 heterocycles. The number of rotatable bonds is 3. The molecule has 0 aliphatic carbocycles. The molecule has 0 amide bonds. The van der Waals surface area contributed by atoms with Gasteiger partial charge in [-0.15, -0.1) is 0 Å². The van der Waals surface area contributed by atoms with E-state index in [-0.39, 0.29) is 0 Å². The monoisotopic (exact) mass is 230 g/mol. The minimum absolute atomic E-state index is 0.399. The summed E-state index contributed by atoms with van der Waals surface area (Å²) in [5.41, 5.74) is 3.83. The first kappa shape index (κ1) is 11.7. The molecule has 0 saturated heterocycles. The van der Waals surface area contributed by atoms with Gasteiger partial charge in [0.05, 0.1) is 0 Å². The summed E-state index contributed by atoms with van der Waals surface area (Å²) in [5.74, 6) is -0.399. The summed E-state index contributed by atoms with van der Waals surface area (Å²) in [6, 6.07) is 5.92. The molecule has 0 bridgehead atoms. The Balaban J connectivity index is 2.22. The van der Waals surface area contributed by atoms with Crippen LogP contribution in [0.25, 0.3) is 0 Å². The first-order valence-corrected chi connectivity index (χ1v) is 5.74. The van der Waals surface area contributed by atoms with Crippen molar-refractivity contribution >= 4 is 0 Å². The van der Waals surface area contributed by atoms with Crippen LogP contribution in [0, 0.1) is 12.9 Å². The standard InChI is InChI=1S/C14H15FN2/c1-3-11-4-5-16-13(7-11)8-12-6-10(2)14(15)17-9-12/h4-7,9H,3,8H2,1-2H3. The number of pyridine rings is 2. The van der Waals surface area contributed by atoms with Crippen LogP contribution < -0.4 is 0 Å². The van der Waals surface area contributed by atoms with Gasteiger partial charge in [0, 0.05) is 30.1 Å². The van der Waals surface area contributed by atoms with Gasteiger partial charge in [-0.2, -0.15) is 4.39 Å². The van der Waals surface area contributed by atoms with E-state index in [1.165, 1.54) is 5.56 Å². The quantitative estimate of drug-likeness (QED) is 0.757. The van der Waals surface area contributed by atoms with Crippen LogP contribution in [0.4, 0.5) is 4.39 Å². The normalized spacial score (nSPS) is 10.5. The van der Waals surface area contributed by atoms with Crippen molar-refractivity contribution in [2.75, 3.05) is 0 Å². The molecular weight excluding hydrogens is 215 g/mol.